The highest BCUT2D eigenvalue weighted by Crippen LogP contribution is 2.28. The zero-order valence-electron chi connectivity index (χ0n) is 9.36. The topological polar surface area (TPSA) is 44.5 Å². The first kappa shape index (κ1) is 13.0. The summed E-state index contributed by atoms with van der Waals surface area (Å²) in [5.41, 5.74) is 5.54. The Kier molecular flexibility index (Phi) is 4.51. The normalized spacial score (nSPS) is 23.9. The van der Waals surface area contributed by atoms with E-state index in [0.29, 0.717) is 28.9 Å². The van der Waals surface area contributed by atoms with Crippen molar-refractivity contribution >= 4 is 23.2 Å². The van der Waals surface area contributed by atoms with E-state index in [4.69, 9.17) is 38.4 Å². The zero-order chi connectivity index (χ0) is 12.3. The maximum atomic E-state index is 5.99. The van der Waals surface area contributed by atoms with Crippen LogP contribution in [0.3, 0.4) is 0 Å². The molecule has 0 radical (unpaired) electrons. The molecule has 0 amide bonds. The number of halogens is 2. The Morgan fingerprint density at radius 2 is 2.06 bits per heavy atom. The average Bonchev–Trinajstić information content (AvgIpc) is 2.78. The minimum atomic E-state index is 0.0959. The molecular weight excluding hydrogens is 261 g/mol. The fourth-order valence-electron chi connectivity index (χ4n) is 1.85. The van der Waals surface area contributed by atoms with Crippen molar-refractivity contribution in [3.63, 3.8) is 0 Å². The van der Waals surface area contributed by atoms with Gasteiger partial charge in [-0.2, -0.15) is 0 Å². The van der Waals surface area contributed by atoms with Crippen LogP contribution in [-0.4, -0.2) is 25.4 Å². The maximum absolute atomic E-state index is 5.99. The van der Waals surface area contributed by atoms with Crippen LogP contribution in [-0.2, 0) is 4.74 Å². The molecule has 1 saturated heterocycles. The van der Waals surface area contributed by atoms with Crippen LogP contribution in [0, 0.1) is 0 Å². The van der Waals surface area contributed by atoms with E-state index in [2.05, 4.69) is 0 Å². The van der Waals surface area contributed by atoms with Crippen molar-refractivity contribution in [2.75, 3.05) is 13.2 Å². The molecule has 5 heteroatoms. The van der Waals surface area contributed by atoms with Crippen molar-refractivity contribution in [1.82, 2.24) is 0 Å². The van der Waals surface area contributed by atoms with Crippen molar-refractivity contribution in [1.29, 1.82) is 0 Å². The Morgan fingerprint density at radius 3 is 2.76 bits per heavy atom. The molecule has 3 nitrogen and oxygen atoms in total. The molecule has 1 aromatic carbocycles. The first-order chi connectivity index (χ1) is 8.19. The summed E-state index contributed by atoms with van der Waals surface area (Å²) >= 11 is 11.9. The zero-order valence-corrected chi connectivity index (χ0v) is 10.9. The van der Waals surface area contributed by atoms with Crippen molar-refractivity contribution in [3.05, 3.63) is 28.2 Å². The lowest BCUT2D eigenvalue weighted by atomic mass is 10.2. The molecule has 0 aliphatic carbocycles. The summed E-state index contributed by atoms with van der Waals surface area (Å²) in [6.45, 7) is 1.05. The van der Waals surface area contributed by atoms with E-state index in [1.165, 1.54) is 0 Å². The molecule has 0 saturated carbocycles. The van der Waals surface area contributed by atoms with Crippen LogP contribution < -0.4 is 10.5 Å². The summed E-state index contributed by atoms with van der Waals surface area (Å²) in [4.78, 5) is 0. The standard InChI is InChI=1S/C12H15Cl2NO2/c13-8-1-4-11(14)12(5-8)16-7-10-3-2-9(6-15)17-10/h1,4-5,9-10H,2-3,6-7,15H2. The van der Waals surface area contributed by atoms with E-state index in [0.717, 1.165) is 12.8 Å². The van der Waals surface area contributed by atoms with E-state index in [1.807, 2.05) is 0 Å². The van der Waals surface area contributed by atoms with Gasteiger partial charge in [-0.1, -0.05) is 23.2 Å². The number of rotatable bonds is 4. The Labute approximate surface area is 111 Å². The Hall–Kier alpha value is -0.480. The molecule has 1 aromatic rings. The molecule has 1 aliphatic heterocycles. The van der Waals surface area contributed by atoms with Crippen molar-refractivity contribution < 1.29 is 9.47 Å². The second-order valence-electron chi connectivity index (χ2n) is 4.08. The van der Waals surface area contributed by atoms with Crippen molar-refractivity contribution in [3.8, 4) is 5.75 Å². The van der Waals surface area contributed by atoms with E-state index in [9.17, 15) is 0 Å². The number of hydrogen-bond acceptors (Lipinski definition) is 3. The largest absolute Gasteiger partial charge is 0.489 e. The van der Waals surface area contributed by atoms with Crippen LogP contribution in [0.25, 0.3) is 0 Å². The second kappa shape index (κ2) is 5.91. The second-order valence-corrected chi connectivity index (χ2v) is 4.92. The van der Waals surface area contributed by atoms with Gasteiger partial charge in [-0.25, -0.2) is 0 Å². The van der Waals surface area contributed by atoms with Crippen LogP contribution in [0.5, 0.6) is 5.75 Å². The fraction of sp³-hybridized carbons (Fsp3) is 0.500. The summed E-state index contributed by atoms with van der Waals surface area (Å²) in [6, 6.07) is 5.16. The Balaban J connectivity index is 1.88. The van der Waals surface area contributed by atoms with Gasteiger partial charge in [0.2, 0.25) is 0 Å². The molecule has 1 fully saturated rings. The summed E-state index contributed by atoms with van der Waals surface area (Å²) < 4.78 is 11.3. The van der Waals surface area contributed by atoms with Crippen LogP contribution in [0.15, 0.2) is 18.2 Å². The predicted molar refractivity (Wildman–Crippen MR) is 68.9 cm³/mol. The summed E-state index contributed by atoms with van der Waals surface area (Å²) in [7, 11) is 0. The van der Waals surface area contributed by atoms with Gasteiger partial charge in [0.25, 0.3) is 0 Å². The van der Waals surface area contributed by atoms with Gasteiger partial charge >= 0.3 is 0 Å². The van der Waals surface area contributed by atoms with Gasteiger partial charge in [-0.3, -0.25) is 0 Å². The summed E-state index contributed by atoms with van der Waals surface area (Å²) in [6.07, 6.45) is 2.23. The highest BCUT2D eigenvalue weighted by Gasteiger charge is 2.24. The number of benzene rings is 1. The number of ether oxygens (including phenoxy) is 2. The molecule has 2 N–H and O–H groups in total. The maximum Gasteiger partial charge on any atom is 0.139 e. The lowest BCUT2D eigenvalue weighted by Gasteiger charge is -2.14. The first-order valence-corrected chi connectivity index (χ1v) is 6.38. The number of nitrogens with two attached hydrogens (primary N) is 1. The summed E-state index contributed by atoms with van der Waals surface area (Å²) in [5, 5.41) is 1.17. The van der Waals surface area contributed by atoms with Gasteiger partial charge in [0.1, 0.15) is 12.4 Å². The third-order valence-electron chi connectivity index (χ3n) is 2.78. The molecule has 17 heavy (non-hydrogen) atoms. The molecular formula is C12H15Cl2NO2. The molecule has 94 valence electrons. The average molecular weight is 276 g/mol. The van der Waals surface area contributed by atoms with Gasteiger partial charge in [0.05, 0.1) is 17.2 Å². The van der Waals surface area contributed by atoms with Gasteiger partial charge in [0.15, 0.2) is 0 Å². The van der Waals surface area contributed by atoms with Crippen LogP contribution in [0.2, 0.25) is 10.0 Å². The highest BCUT2D eigenvalue weighted by atomic mass is 35.5. The fourth-order valence-corrected chi connectivity index (χ4v) is 2.18. The van der Waals surface area contributed by atoms with Crippen molar-refractivity contribution in [2.24, 2.45) is 5.73 Å². The summed E-state index contributed by atoms with van der Waals surface area (Å²) in [5.74, 6) is 0.596. The SMILES string of the molecule is NCC1CCC(COc2cc(Cl)ccc2Cl)O1. The third kappa shape index (κ3) is 3.49. The van der Waals surface area contributed by atoms with Gasteiger partial charge in [0, 0.05) is 17.6 Å². The van der Waals surface area contributed by atoms with Crippen LogP contribution >= 0.6 is 23.2 Å². The molecule has 0 bridgehead atoms. The van der Waals surface area contributed by atoms with E-state index in [-0.39, 0.29) is 12.2 Å². The minimum absolute atomic E-state index is 0.0959. The minimum Gasteiger partial charge on any atom is -0.489 e. The van der Waals surface area contributed by atoms with Gasteiger partial charge in [-0.15, -0.1) is 0 Å². The van der Waals surface area contributed by atoms with E-state index < -0.39 is 0 Å². The Morgan fingerprint density at radius 1 is 1.29 bits per heavy atom. The van der Waals surface area contributed by atoms with Gasteiger partial charge in [-0.05, 0) is 25.0 Å². The molecule has 1 aliphatic rings. The molecule has 1 heterocycles. The third-order valence-corrected chi connectivity index (χ3v) is 3.32. The van der Waals surface area contributed by atoms with Crippen LogP contribution in [0.1, 0.15) is 12.8 Å². The molecule has 2 atom stereocenters. The lowest BCUT2D eigenvalue weighted by molar-refractivity contribution is 0.0222. The molecule has 0 aromatic heterocycles. The first-order valence-electron chi connectivity index (χ1n) is 5.62. The molecule has 0 spiro atoms. The highest BCUT2D eigenvalue weighted by molar-refractivity contribution is 6.34. The smallest absolute Gasteiger partial charge is 0.139 e. The number of hydrogen-bond donors (Lipinski definition) is 1. The Bertz CT molecular complexity index is 387. The quantitative estimate of drug-likeness (QED) is 0.919. The predicted octanol–water partition coefficient (Wildman–Crippen LogP) is 2.88. The van der Waals surface area contributed by atoms with E-state index >= 15 is 0 Å². The molecule has 2 unspecified atom stereocenters. The van der Waals surface area contributed by atoms with E-state index in [1.54, 1.807) is 18.2 Å². The van der Waals surface area contributed by atoms with Crippen LogP contribution in [0.4, 0.5) is 0 Å². The lowest BCUT2D eigenvalue weighted by Crippen LogP contribution is -2.23. The molecule has 2 rings (SSSR count). The van der Waals surface area contributed by atoms with Gasteiger partial charge < -0.3 is 15.2 Å². The monoisotopic (exact) mass is 275 g/mol. The van der Waals surface area contributed by atoms with Crippen molar-refractivity contribution in [2.45, 2.75) is 25.0 Å².